The van der Waals surface area contributed by atoms with Crippen LogP contribution in [0.25, 0.3) is 0 Å². The molecule has 7 nitrogen and oxygen atoms in total. The summed E-state index contributed by atoms with van der Waals surface area (Å²) in [6.07, 6.45) is 6.46. The summed E-state index contributed by atoms with van der Waals surface area (Å²) in [4.78, 5) is 21.9. The van der Waals surface area contributed by atoms with Crippen molar-refractivity contribution < 1.29 is 9.53 Å². The van der Waals surface area contributed by atoms with E-state index in [1.54, 1.807) is 18.4 Å². The van der Waals surface area contributed by atoms with Crippen LogP contribution in [0.5, 0.6) is 0 Å². The monoisotopic (exact) mass is 395 g/mol. The number of hydrogen-bond donors (Lipinski definition) is 3. The molecule has 1 aliphatic carbocycles. The van der Waals surface area contributed by atoms with Gasteiger partial charge in [-0.05, 0) is 52.9 Å². The van der Waals surface area contributed by atoms with E-state index in [0.29, 0.717) is 12.6 Å². The average molecular weight is 396 g/mol. The fraction of sp³-hybridized carbons (Fsp3) is 0.737. The molecule has 1 aliphatic rings. The van der Waals surface area contributed by atoms with Crippen molar-refractivity contribution in [1.29, 1.82) is 0 Å². The minimum atomic E-state index is -0.462. The zero-order valence-electron chi connectivity index (χ0n) is 17.1. The number of aryl methyl sites for hydroxylation is 1. The summed E-state index contributed by atoms with van der Waals surface area (Å²) in [6.45, 7) is 8.45. The van der Waals surface area contributed by atoms with E-state index in [4.69, 9.17) is 4.74 Å². The average Bonchev–Trinajstić information content (AvgIpc) is 3.06. The topological polar surface area (TPSA) is 87.6 Å². The van der Waals surface area contributed by atoms with Gasteiger partial charge < -0.3 is 20.7 Å². The Hall–Kier alpha value is -1.83. The van der Waals surface area contributed by atoms with Crippen LogP contribution < -0.4 is 16.0 Å². The van der Waals surface area contributed by atoms with E-state index < -0.39 is 5.60 Å². The summed E-state index contributed by atoms with van der Waals surface area (Å²) in [7, 11) is 1.78. The van der Waals surface area contributed by atoms with E-state index in [-0.39, 0.29) is 12.1 Å². The van der Waals surface area contributed by atoms with Crippen molar-refractivity contribution >= 4 is 23.4 Å². The number of thiazole rings is 1. The van der Waals surface area contributed by atoms with Gasteiger partial charge in [-0.25, -0.2) is 9.78 Å². The number of aromatic nitrogens is 1. The van der Waals surface area contributed by atoms with Gasteiger partial charge in [0.25, 0.3) is 0 Å². The molecule has 3 N–H and O–H groups in total. The smallest absolute Gasteiger partial charge is 0.407 e. The first-order valence-corrected chi connectivity index (χ1v) is 10.5. The van der Waals surface area contributed by atoms with Crippen molar-refractivity contribution in [2.45, 2.75) is 84.0 Å². The third kappa shape index (κ3) is 7.74. The number of ether oxygens (including phenoxy) is 1. The molecule has 0 aliphatic heterocycles. The standard InChI is InChI=1S/C19H33N5O2S/c1-6-15-11-21-16(27-15)12-22-17(20-5)23-13-7-9-14(10-8-13)24-18(25)26-19(2,3)4/h11,13-14H,6-10,12H2,1-5H3,(H,24,25)(H2,20,22,23). The van der Waals surface area contributed by atoms with Crippen LogP contribution in [0.1, 0.15) is 63.3 Å². The fourth-order valence-electron chi connectivity index (χ4n) is 3.00. The van der Waals surface area contributed by atoms with E-state index >= 15 is 0 Å². The van der Waals surface area contributed by atoms with Crippen molar-refractivity contribution in [2.75, 3.05) is 7.05 Å². The largest absolute Gasteiger partial charge is 0.444 e. The highest BCUT2D eigenvalue weighted by atomic mass is 32.1. The van der Waals surface area contributed by atoms with E-state index in [1.165, 1.54) is 4.88 Å². The molecule has 2 rings (SSSR count). The zero-order valence-corrected chi connectivity index (χ0v) is 17.9. The van der Waals surface area contributed by atoms with E-state index in [2.05, 4.69) is 32.9 Å². The zero-order chi connectivity index (χ0) is 19.9. The fourth-order valence-corrected chi connectivity index (χ4v) is 3.80. The lowest BCUT2D eigenvalue weighted by Gasteiger charge is -2.31. The number of alkyl carbamates (subject to hydrolysis) is 1. The van der Waals surface area contributed by atoms with Gasteiger partial charge in [-0.3, -0.25) is 4.99 Å². The Morgan fingerprint density at radius 1 is 1.26 bits per heavy atom. The second-order valence-electron chi connectivity index (χ2n) is 7.84. The quantitative estimate of drug-likeness (QED) is 0.526. The SMILES string of the molecule is CCc1cnc(CNC(=NC)NC2CCC(NC(=O)OC(C)(C)C)CC2)s1. The first-order valence-electron chi connectivity index (χ1n) is 9.69. The molecule has 1 amide bonds. The van der Waals surface area contributed by atoms with Crippen molar-refractivity contribution in [3.63, 3.8) is 0 Å². The minimum absolute atomic E-state index is 0.177. The third-order valence-corrected chi connectivity index (χ3v) is 5.51. The molecule has 0 bridgehead atoms. The second kappa shape index (κ2) is 9.92. The van der Waals surface area contributed by atoms with Crippen molar-refractivity contribution in [2.24, 2.45) is 4.99 Å². The Balaban J connectivity index is 1.71. The number of aliphatic imine (C=N–C) groups is 1. The maximum atomic E-state index is 11.9. The maximum Gasteiger partial charge on any atom is 0.407 e. The first kappa shape index (κ1) is 21.5. The highest BCUT2D eigenvalue weighted by molar-refractivity contribution is 7.11. The molecule has 1 saturated carbocycles. The molecule has 0 atom stereocenters. The molecular weight excluding hydrogens is 362 g/mol. The predicted molar refractivity (Wildman–Crippen MR) is 110 cm³/mol. The lowest BCUT2D eigenvalue weighted by molar-refractivity contribution is 0.0490. The normalized spacial score (nSPS) is 20.9. The van der Waals surface area contributed by atoms with E-state index in [1.807, 2.05) is 27.0 Å². The molecule has 0 saturated heterocycles. The van der Waals surface area contributed by atoms with Gasteiger partial charge in [0.15, 0.2) is 5.96 Å². The Labute approximate surface area is 166 Å². The van der Waals surface area contributed by atoms with Crippen molar-refractivity contribution in [3.8, 4) is 0 Å². The highest BCUT2D eigenvalue weighted by Gasteiger charge is 2.25. The van der Waals surface area contributed by atoms with Gasteiger partial charge in [0.1, 0.15) is 10.6 Å². The summed E-state index contributed by atoms with van der Waals surface area (Å²) < 4.78 is 5.33. The number of carbonyl (C=O) groups excluding carboxylic acids is 1. The molecule has 1 heterocycles. The lowest BCUT2D eigenvalue weighted by Crippen LogP contribution is -2.47. The van der Waals surface area contributed by atoms with Crippen LogP contribution >= 0.6 is 11.3 Å². The van der Waals surface area contributed by atoms with E-state index in [0.717, 1.165) is 43.1 Å². The van der Waals surface area contributed by atoms with Crippen molar-refractivity contribution in [3.05, 3.63) is 16.1 Å². The van der Waals surface area contributed by atoms with Crippen LogP contribution in [0.15, 0.2) is 11.2 Å². The first-order chi connectivity index (χ1) is 12.8. The molecule has 0 aromatic carbocycles. The van der Waals surface area contributed by atoms with Crippen LogP contribution in [-0.4, -0.2) is 41.8 Å². The van der Waals surface area contributed by atoms with Crippen LogP contribution in [0.3, 0.4) is 0 Å². The van der Waals surface area contributed by atoms with Crippen LogP contribution in [-0.2, 0) is 17.7 Å². The van der Waals surface area contributed by atoms with Gasteiger partial charge >= 0.3 is 6.09 Å². The summed E-state index contributed by atoms with van der Waals surface area (Å²) in [5.74, 6) is 0.798. The maximum absolute atomic E-state index is 11.9. The molecule has 8 heteroatoms. The molecule has 0 spiro atoms. The summed E-state index contributed by atoms with van der Waals surface area (Å²) in [5.41, 5.74) is -0.462. The van der Waals surface area contributed by atoms with Gasteiger partial charge in [0.2, 0.25) is 0 Å². The third-order valence-electron chi connectivity index (χ3n) is 4.37. The van der Waals surface area contributed by atoms with Gasteiger partial charge in [-0.2, -0.15) is 0 Å². The molecule has 1 aromatic rings. The molecule has 0 unspecified atom stereocenters. The summed E-state index contributed by atoms with van der Waals surface area (Å²) >= 11 is 1.73. The molecule has 152 valence electrons. The van der Waals surface area contributed by atoms with Gasteiger partial charge in [-0.15, -0.1) is 11.3 Å². The van der Waals surface area contributed by atoms with Gasteiger partial charge in [-0.1, -0.05) is 6.92 Å². The molecule has 27 heavy (non-hydrogen) atoms. The molecule has 0 radical (unpaired) electrons. The van der Waals surface area contributed by atoms with Crippen LogP contribution in [0.2, 0.25) is 0 Å². The van der Waals surface area contributed by atoms with Crippen LogP contribution in [0.4, 0.5) is 4.79 Å². The summed E-state index contributed by atoms with van der Waals surface area (Å²) in [6, 6.07) is 0.533. The lowest BCUT2D eigenvalue weighted by atomic mass is 9.91. The Morgan fingerprint density at radius 3 is 2.41 bits per heavy atom. The minimum Gasteiger partial charge on any atom is -0.444 e. The second-order valence-corrected chi connectivity index (χ2v) is 9.04. The predicted octanol–water partition coefficient (Wildman–Crippen LogP) is 3.21. The highest BCUT2D eigenvalue weighted by Crippen LogP contribution is 2.19. The number of guanidine groups is 1. The van der Waals surface area contributed by atoms with Gasteiger partial charge in [0, 0.05) is 30.2 Å². The number of nitrogens with one attached hydrogen (secondary N) is 3. The Bertz CT molecular complexity index is 630. The summed E-state index contributed by atoms with van der Waals surface area (Å²) in [5, 5.41) is 10.9. The molecular formula is C19H33N5O2S. The van der Waals surface area contributed by atoms with Crippen molar-refractivity contribution in [1.82, 2.24) is 20.9 Å². The Kier molecular flexibility index (Phi) is 7.89. The van der Waals surface area contributed by atoms with E-state index in [9.17, 15) is 4.79 Å². The Morgan fingerprint density at radius 2 is 1.89 bits per heavy atom. The number of carbonyl (C=O) groups is 1. The van der Waals surface area contributed by atoms with Crippen LogP contribution in [0, 0.1) is 0 Å². The number of hydrogen-bond acceptors (Lipinski definition) is 5. The number of nitrogens with zero attached hydrogens (tertiary/aromatic N) is 2. The number of amides is 1. The molecule has 1 fully saturated rings. The van der Waals surface area contributed by atoms with Gasteiger partial charge in [0.05, 0.1) is 6.54 Å². The number of rotatable bonds is 5. The molecule has 1 aromatic heterocycles.